The number of aryl methyl sites for hydroxylation is 1. The van der Waals surface area contributed by atoms with Crippen LogP contribution in [-0.2, 0) is 16.0 Å². The van der Waals surface area contributed by atoms with Gasteiger partial charge in [-0.25, -0.2) is 0 Å². The SMILES string of the molecule is O=C(c1ccc(OCCCC(O)CN2CCOCC2)cc1)N1CCC(N2C(=O)CCc3ccccc32)CC1. The molecule has 0 spiro atoms. The number of hydrogen-bond acceptors (Lipinski definition) is 6. The Morgan fingerprint density at radius 2 is 1.74 bits per heavy atom. The Kier molecular flexibility index (Phi) is 8.94. The maximum absolute atomic E-state index is 13.1. The number of ether oxygens (including phenoxy) is 2. The number of β-amino-alcohol motifs (C(OH)–C–C–N with tert-alkyl or cyclic N) is 1. The number of carbonyl (C=O) groups is 2. The highest BCUT2D eigenvalue weighted by Gasteiger charge is 2.33. The Bertz CT molecular complexity index is 1080. The van der Waals surface area contributed by atoms with Crippen molar-refractivity contribution in [2.75, 3.05) is 57.4 Å². The summed E-state index contributed by atoms with van der Waals surface area (Å²) in [6.07, 6.45) is 4.03. The number of morpholine rings is 1. The third kappa shape index (κ3) is 6.54. The molecule has 3 aliphatic heterocycles. The Morgan fingerprint density at radius 1 is 1.00 bits per heavy atom. The first-order valence-electron chi connectivity index (χ1n) is 14.0. The summed E-state index contributed by atoms with van der Waals surface area (Å²) in [5.74, 6) is 0.937. The zero-order valence-corrected chi connectivity index (χ0v) is 22.1. The Hall–Kier alpha value is -2.94. The molecule has 8 nitrogen and oxygen atoms in total. The molecule has 0 bridgehead atoms. The van der Waals surface area contributed by atoms with Crippen LogP contribution in [0, 0.1) is 0 Å². The molecule has 0 aliphatic carbocycles. The van der Waals surface area contributed by atoms with Crippen LogP contribution in [0.5, 0.6) is 5.75 Å². The van der Waals surface area contributed by atoms with E-state index < -0.39 is 0 Å². The predicted molar refractivity (Wildman–Crippen MR) is 146 cm³/mol. The molecule has 2 saturated heterocycles. The maximum atomic E-state index is 13.1. The van der Waals surface area contributed by atoms with Gasteiger partial charge in [0.25, 0.3) is 5.91 Å². The van der Waals surface area contributed by atoms with Crippen molar-refractivity contribution in [3.8, 4) is 5.75 Å². The van der Waals surface area contributed by atoms with Crippen LogP contribution >= 0.6 is 0 Å². The van der Waals surface area contributed by atoms with E-state index in [4.69, 9.17) is 9.47 Å². The lowest BCUT2D eigenvalue weighted by molar-refractivity contribution is -0.119. The first-order valence-corrected chi connectivity index (χ1v) is 14.0. The summed E-state index contributed by atoms with van der Waals surface area (Å²) in [7, 11) is 0. The summed E-state index contributed by atoms with van der Waals surface area (Å²) < 4.78 is 11.2. The topological polar surface area (TPSA) is 82.6 Å². The first kappa shape index (κ1) is 26.7. The zero-order valence-electron chi connectivity index (χ0n) is 22.1. The van der Waals surface area contributed by atoms with E-state index in [-0.39, 0.29) is 24.0 Å². The van der Waals surface area contributed by atoms with Crippen molar-refractivity contribution in [1.82, 2.24) is 9.80 Å². The lowest BCUT2D eigenvalue weighted by Gasteiger charge is -2.41. The fourth-order valence-corrected chi connectivity index (χ4v) is 5.74. The fraction of sp³-hybridized carbons (Fsp3) is 0.533. The van der Waals surface area contributed by atoms with Crippen LogP contribution in [-0.4, -0.2) is 91.4 Å². The van der Waals surface area contributed by atoms with Crippen molar-refractivity contribution >= 4 is 17.5 Å². The van der Waals surface area contributed by atoms with E-state index >= 15 is 0 Å². The van der Waals surface area contributed by atoms with Crippen molar-refractivity contribution in [1.29, 1.82) is 0 Å². The number of nitrogens with zero attached hydrogens (tertiary/aromatic N) is 3. The van der Waals surface area contributed by atoms with E-state index in [2.05, 4.69) is 11.0 Å². The lowest BCUT2D eigenvalue weighted by atomic mass is 9.95. The number of fused-ring (bicyclic) bond motifs is 1. The molecule has 204 valence electrons. The van der Waals surface area contributed by atoms with Gasteiger partial charge >= 0.3 is 0 Å². The number of para-hydroxylation sites is 1. The number of anilines is 1. The van der Waals surface area contributed by atoms with Gasteiger partial charge in [-0.3, -0.25) is 14.5 Å². The second-order valence-corrected chi connectivity index (χ2v) is 10.5. The molecular formula is C30H39N3O5. The molecule has 5 rings (SSSR count). The van der Waals surface area contributed by atoms with E-state index in [1.54, 1.807) is 0 Å². The molecular weight excluding hydrogens is 482 g/mol. The summed E-state index contributed by atoms with van der Waals surface area (Å²) >= 11 is 0. The molecule has 2 amide bonds. The van der Waals surface area contributed by atoms with Gasteiger partial charge in [0.05, 0.1) is 25.9 Å². The first-order chi connectivity index (χ1) is 18.6. The predicted octanol–water partition coefficient (Wildman–Crippen LogP) is 3.12. The Morgan fingerprint density at radius 3 is 2.50 bits per heavy atom. The summed E-state index contributed by atoms with van der Waals surface area (Å²) in [6.45, 7) is 5.72. The number of amides is 2. The van der Waals surface area contributed by atoms with Gasteiger partial charge in [0.15, 0.2) is 0 Å². The lowest BCUT2D eigenvalue weighted by Crippen LogP contribution is -2.50. The van der Waals surface area contributed by atoms with Gasteiger partial charge in [-0.2, -0.15) is 0 Å². The third-order valence-electron chi connectivity index (χ3n) is 7.87. The number of carbonyl (C=O) groups excluding carboxylic acids is 2. The van der Waals surface area contributed by atoms with Crippen LogP contribution in [0.15, 0.2) is 48.5 Å². The molecule has 0 saturated carbocycles. The number of aliphatic hydroxyl groups is 1. The van der Waals surface area contributed by atoms with Crippen molar-refractivity contribution < 1.29 is 24.2 Å². The van der Waals surface area contributed by atoms with Gasteiger partial charge in [0.2, 0.25) is 5.91 Å². The number of rotatable bonds is 9. The molecule has 0 radical (unpaired) electrons. The van der Waals surface area contributed by atoms with Crippen LogP contribution in [0.2, 0.25) is 0 Å². The van der Waals surface area contributed by atoms with Gasteiger partial charge in [0.1, 0.15) is 5.75 Å². The second kappa shape index (κ2) is 12.7. The van der Waals surface area contributed by atoms with Crippen molar-refractivity contribution in [3.63, 3.8) is 0 Å². The number of likely N-dealkylation sites (tertiary alicyclic amines) is 1. The Balaban J connectivity index is 1.05. The largest absolute Gasteiger partial charge is 0.494 e. The molecule has 8 heteroatoms. The summed E-state index contributed by atoms with van der Waals surface area (Å²) in [5, 5.41) is 10.3. The highest BCUT2D eigenvalue weighted by Crippen LogP contribution is 2.32. The molecule has 2 fully saturated rings. The molecule has 1 N–H and O–H groups in total. The quantitative estimate of drug-likeness (QED) is 0.511. The molecule has 2 aromatic carbocycles. The van der Waals surface area contributed by atoms with E-state index in [1.807, 2.05) is 52.3 Å². The third-order valence-corrected chi connectivity index (χ3v) is 7.87. The minimum Gasteiger partial charge on any atom is -0.494 e. The second-order valence-electron chi connectivity index (χ2n) is 10.5. The average Bonchev–Trinajstić information content (AvgIpc) is 2.96. The molecule has 38 heavy (non-hydrogen) atoms. The van der Waals surface area contributed by atoms with Gasteiger partial charge < -0.3 is 24.4 Å². The van der Waals surface area contributed by atoms with E-state index in [1.165, 1.54) is 5.56 Å². The normalized spacial score (nSPS) is 19.8. The minimum absolute atomic E-state index is 0.0200. The smallest absolute Gasteiger partial charge is 0.253 e. The molecule has 0 aromatic heterocycles. The van der Waals surface area contributed by atoms with Crippen molar-refractivity contribution in [2.45, 2.75) is 50.7 Å². The standard InChI is InChI=1S/C30H39N3O5/c34-26(22-31-17-20-37-21-18-31)5-3-19-38-27-10-7-24(8-11-27)30(36)32-15-13-25(14-16-32)33-28-6-2-1-4-23(28)9-12-29(33)35/h1-2,4,6-8,10-11,25-26,34H,3,5,9,12-22H2. The summed E-state index contributed by atoms with van der Waals surface area (Å²) in [6, 6.07) is 15.6. The van der Waals surface area contributed by atoms with E-state index in [0.717, 1.165) is 63.4 Å². The average molecular weight is 522 g/mol. The van der Waals surface area contributed by atoms with Gasteiger partial charge in [-0.1, -0.05) is 18.2 Å². The number of benzene rings is 2. The summed E-state index contributed by atoms with van der Waals surface area (Å²) in [4.78, 5) is 32.0. The van der Waals surface area contributed by atoms with Crippen LogP contribution in [0.25, 0.3) is 0 Å². The number of hydrogen-bond donors (Lipinski definition) is 1. The summed E-state index contributed by atoms with van der Waals surface area (Å²) in [5.41, 5.74) is 2.92. The number of piperidine rings is 1. The van der Waals surface area contributed by atoms with Crippen LogP contribution in [0.4, 0.5) is 5.69 Å². The highest BCUT2D eigenvalue weighted by atomic mass is 16.5. The molecule has 3 aliphatic rings. The molecule has 1 atom stereocenters. The molecule has 3 heterocycles. The van der Waals surface area contributed by atoms with Gasteiger partial charge in [-0.05, 0) is 68.0 Å². The molecule has 2 aromatic rings. The van der Waals surface area contributed by atoms with Crippen molar-refractivity contribution in [2.24, 2.45) is 0 Å². The van der Waals surface area contributed by atoms with Crippen LogP contribution in [0.3, 0.4) is 0 Å². The minimum atomic E-state index is -0.358. The van der Waals surface area contributed by atoms with Crippen LogP contribution < -0.4 is 9.64 Å². The fourth-order valence-electron chi connectivity index (χ4n) is 5.74. The Labute approximate surface area is 225 Å². The van der Waals surface area contributed by atoms with E-state index in [9.17, 15) is 14.7 Å². The monoisotopic (exact) mass is 521 g/mol. The van der Waals surface area contributed by atoms with Gasteiger partial charge in [0, 0.05) is 56.4 Å². The van der Waals surface area contributed by atoms with Crippen LogP contribution in [0.1, 0.15) is 48.0 Å². The maximum Gasteiger partial charge on any atom is 0.253 e. The molecule has 1 unspecified atom stereocenters. The van der Waals surface area contributed by atoms with Crippen molar-refractivity contribution in [3.05, 3.63) is 59.7 Å². The number of aliphatic hydroxyl groups excluding tert-OH is 1. The highest BCUT2D eigenvalue weighted by molar-refractivity contribution is 5.97. The zero-order chi connectivity index (χ0) is 26.3. The van der Waals surface area contributed by atoms with E-state index in [0.29, 0.717) is 44.6 Å². The van der Waals surface area contributed by atoms with Gasteiger partial charge in [-0.15, -0.1) is 0 Å².